The molecule has 59 heavy (non-hydrogen) atoms. The molecular formula is C35H62N8O14P2. The van der Waals surface area contributed by atoms with Crippen molar-refractivity contribution in [2.75, 3.05) is 58.4 Å². The van der Waals surface area contributed by atoms with E-state index >= 15 is 0 Å². The third-order valence-corrected chi connectivity index (χ3v) is 11.5. The van der Waals surface area contributed by atoms with E-state index in [0.29, 0.717) is 0 Å². The Morgan fingerprint density at radius 3 is 2.07 bits per heavy atom. The molecule has 1 aliphatic rings. The minimum atomic E-state index is -5.56. The van der Waals surface area contributed by atoms with Crippen LogP contribution in [0.2, 0.25) is 0 Å². The number of fused-ring (bicyclic) bond motifs is 1. The van der Waals surface area contributed by atoms with Gasteiger partial charge >= 0.3 is 13.5 Å². The fourth-order valence-electron chi connectivity index (χ4n) is 6.24. The number of nitrogens with one attached hydrogen (secondary N) is 1. The first kappa shape index (κ1) is 51.9. The number of rotatable bonds is 18. The fraction of sp³-hybridized carbons (Fsp3) is 0.686. The van der Waals surface area contributed by atoms with Gasteiger partial charge in [-0.3, -0.25) is 29.0 Å². The van der Waals surface area contributed by atoms with Crippen LogP contribution in [-0.2, 0) is 39.2 Å². The Labute approximate surface area is 344 Å². The van der Waals surface area contributed by atoms with Gasteiger partial charge in [-0.1, -0.05) is 79.4 Å². The van der Waals surface area contributed by atoms with Crippen molar-refractivity contribution in [2.45, 2.75) is 93.0 Å². The molecule has 0 amide bonds. The molecule has 3 aromatic rings. The van der Waals surface area contributed by atoms with Crippen LogP contribution in [0.5, 0.6) is 0 Å². The van der Waals surface area contributed by atoms with Crippen molar-refractivity contribution in [1.82, 2.24) is 24.3 Å². The number of hydrogen-bond acceptors (Lipinski definition) is 16. The van der Waals surface area contributed by atoms with Crippen LogP contribution in [-0.4, -0.2) is 115 Å². The van der Waals surface area contributed by atoms with E-state index in [1.54, 1.807) is 26.8 Å². The van der Waals surface area contributed by atoms with Crippen molar-refractivity contribution in [3.63, 3.8) is 0 Å². The summed E-state index contributed by atoms with van der Waals surface area (Å²) in [5.41, 5.74) is 4.59. The highest BCUT2D eigenvalue weighted by atomic mass is 31.3. The molecule has 22 nitrogen and oxygen atoms in total. The number of ether oxygens (including phenoxy) is 3. The van der Waals surface area contributed by atoms with Crippen LogP contribution in [0.25, 0.3) is 11.2 Å². The highest BCUT2D eigenvalue weighted by molar-refractivity contribution is 7.60. The summed E-state index contributed by atoms with van der Waals surface area (Å²) < 4.78 is 51.6. The largest absolute Gasteiger partial charge is 0.756 e. The number of nitro groups is 1. The predicted molar refractivity (Wildman–Crippen MR) is 216 cm³/mol. The number of aromatic nitrogens is 4. The number of aliphatic hydroxyl groups excluding tert-OH is 1. The second-order valence-corrected chi connectivity index (χ2v) is 17.1. The molecule has 1 aromatic carbocycles. The number of phosphoric ester groups is 1. The Hall–Kier alpha value is -3.21. The topological polar surface area (TPSA) is 294 Å². The Morgan fingerprint density at radius 1 is 1.05 bits per heavy atom. The van der Waals surface area contributed by atoms with Gasteiger partial charge in [0.05, 0.1) is 30.2 Å². The summed E-state index contributed by atoms with van der Waals surface area (Å²) in [6.45, 7) is 24.1. The minimum absolute atomic E-state index is 0.00107. The van der Waals surface area contributed by atoms with Gasteiger partial charge in [0.15, 0.2) is 6.33 Å². The van der Waals surface area contributed by atoms with Crippen LogP contribution in [0.3, 0.4) is 0 Å². The maximum Gasteiger partial charge on any atom is 0.476 e. The molecule has 4 rings (SSSR count). The lowest BCUT2D eigenvalue weighted by Crippen LogP contribution is -2.47. The number of aliphatic hydroxyl groups is 1. The summed E-state index contributed by atoms with van der Waals surface area (Å²) >= 11 is 0. The third kappa shape index (κ3) is 15.3. The zero-order valence-corrected chi connectivity index (χ0v) is 37.2. The van der Waals surface area contributed by atoms with Gasteiger partial charge in [0, 0.05) is 6.07 Å². The molecule has 6 atom stereocenters. The van der Waals surface area contributed by atoms with E-state index in [9.17, 15) is 34.0 Å². The van der Waals surface area contributed by atoms with E-state index in [-0.39, 0.29) is 28.4 Å². The maximum atomic E-state index is 12.6. The zero-order valence-electron chi connectivity index (χ0n) is 35.4. The molecule has 0 bridgehead atoms. The van der Waals surface area contributed by atoms with Crippen molar-refractivity contribution in [2.24, 2.45) is 12.5 Å². The van der Waals surface area contributed by atoms with E-state index < -0.39 is 75.6 Å². The standard InChI is InChI=1S/C23H32N6O14P2.2C6H15N/c1-23(2,3)18(12-7-5-6-8-13(12)29(32)33)40-11-39-17-16(30)14(9-41-45(37,38)43-44(34,35)36)42-21(17)28-10-27(4)15-19(28)25-22(24)26-20(15)31;2*1-4-7(5-2)6-3/h5-8,10,14,16-18,21,30H,9,11H2,1-4H3,(H5-,24,25,26,31,34,35,36,37,38);2*4-6H2,1-3H3/t14-,16-,17-,18+,21-;;/m1../s1. The van der Waals surface area contributed by atoms with E-state index in [0.717, 1.165) is 0 Å². The maximum absolute atomic E-state index is 12.6. The number of H-pyrrole nitrogens is 1. The smallest absolute Gasteiger partial charge is 0.476 e. The van der Waals surface area contributed by atoms with Gasteiger partial charge in [-0.05, 0) is 50.7 Å². The number of para-hydroxylation sites is 1. The Balaban J connectivity index is 0.000000732. The first-order valence-corrected chi connectivity index (χ1v) is 22.2. The average Bonchev–Trinajstić information content (AvgIpc) is 3.64. The monoisotopic (exact) mass is 880 g/mol. The lowest BCUT2D eigenvalue weighted by Gasteiger charge is -2.31. The first-order valence-electron chi connectivity index (χ1n) is 19.2. The Kier molecular flexibility index (Phi) is 20.4. The molecule has 1 fully saturated rings. The number of nitrogens with zero attached hydrogens (tertiary/aromatic N) is 6. The van der Waals surface area contributed by atoms with E-state index in [2.05, 4.69) is 70.1 Å². The molecule has 1 unspecified atom stereocenters. The number of nitrogens with two attached hydrogens (primary N) is 1. The molecule has 1 saturated heterocycles. The second kappa shape index (κ2) is 23.1. The number of anilines is 1. The summed E-state index contributed by atoms with van der Waals surface area (Å²) in [5.74, 6) is -0.244. The summed E-state index contributed by atoms with van der Waals surface area (Å²) in [4.78, 5) is 64.6. The molecule has 0 spiro atoms. The summed E-state index contributed by atoms with van der Waals surface area (Å²) in [6.07, 6.45) is -5.38. The third-order valence-electron chi connectivity index (χ3n) is 9.36. The molecule has 3 heterocycles. The lowest BCUT2D eigenvalue weighted by molar-refractivity contribution is -0.746. The molecule has 6 N–H and O–H groups in total. The number of hydrogen-bond donors (Lipinski definition) is 5. The molecule has 336 valence electrons. The van der Waals surface area contributed by atoms with Crippen LogP contribution in [0.1, 0.15) is 80.2 Å². The van der Waals surface area contributed by atoms with E-state index in [1.807, 2.05) is 0 Å². The minimum Gasteiger partial charge on any atom is -0.756 e. The number of aromatic amines is 1. The van der Waals surface area contributed by atoms with Crippen molar-refractivity contribution >= 4 is 38.4 Å². The van der Waals surface area contributed by atoms with Crippen LogP contribution in [0, 0.1) is 15.5 Å². The van der Waals surface area contributed by atoms with Gasteiger partial charge in [0.1, 0.15) is 25.1 Å². The van der Waals surface area contributed by atoms with Crippen molar-refractivity contribution < 1.29 is 61.5 Å². The van der Waals surface area contributed by atoms with Crippen molar-refractivity contribution in [3.05, 3.63) is 56.6 Å². The van der Waals surface area contributed by atoms with E-state index in [4.69, 9.17) is 29.7 Å². The average molecular weight is 881 g/mol. The van der Waals surface area contributed by atoms with Crippen LogP contribution in [0.15, 0.2) is 35.4 Å². The first-order chi connectivity index (χ1) is 27.5. The van der Waals surface area contributed by atoms with E-state index in [1.165, 1.54) is 80.0 Å². The van der Waals surface area contributed by atoms with Gasteiger partial charge in [-0.25, -0.2) is 13.4 Å². The number of aryl methyl sites for hydroxylation is 1. The normalized spacial score (nSPS) is 19.9. The van der Waals surface area contributed by atoms with Gasteiger partial charge in [-0.2, -0.15) is 0 Å². The molecule has 0 saturated carbocycles. The molecule has 0 aliphatic carbocycles. The molecular weight excluding hydrogens is 818 g/mol. The number of nitrogen functional groups attached to an aromatic ring is 1. The second-order valence-electron chi connectivity index (χ2n) is 14.3. The number of phosphoric acid groups is 2. The van der Waals surface area contributed by atoms with Gasteiger partial charge in [-0.15, -0.1) is 0 Å². The van der Waals surface area contributed by atoms with Gasteiger partial charge in [0.25, 0.3) is 25.0 Å². The van der Waals surface area contributed by atoms with Crippen LogP contribution >= 0.6 is 15.6 Å². The number of nitro benzene ring substituents is 1. The number of benzene rings is 1. The Morgan fingerprint density at radius 2 is 1.59 bits per heavy atom. The van der Waals surface area contributed by atoms with Gasteiger partial charge < -0.3 is 54.1 Å². The van der Waals surface area contributed by atoms with Crippen molar-refractivity contribution in [3.8, 4) is 0 Å². The predicted octanol–water partition coefficient (Wildman–Crippen LogP) is 2.74. The van der Waals surface area contributed by atoms with Gasteiger partial charge in [0.2, 0.25) is 11.7 Å². The molecule has 24 heteroatoms. The zero-order chi connectivity index (χ0) is 44.9. The quantitative estimate of drug-likeness (QED) is 0.0403. The fourth-order valence-corrected chi connectivity index (χ4v) is 7.80. The molecule has 2 aromatic heterocycles. The summed E-state index contributed by atoms with van der Waals surface area (Å²) in [5, 5.41) is 22.9. The Bertz CT molecular complexity index is 1910. The molecule has 0 radical (unpaired) electrons. The highest BCUT2D eigenvalue weighted by Crippen LogP contribution is 2.55. The highest BCUT2D eigenvalue weighted by Gasteiger charge is 2.49. The SMILES string of the molecule is CCN(CC)CC.CCN(CC)CC.Cn1c[n+]([C@@H]2O[C@H](COP(=O)([O-])OP(=O)(O)O)[C@@H](O)[C@H]2OCO[C@@H](c2ccccc2[N+](=O)[O-])C(C)(C)C)c2nc(N)[nH]c(=O)c21. The molecule has 1 aliphatic heterocycles. The van der Waals surface area contributed by atoms with Crippen molar-refractivity contribution in [1.29, 1.82) is 0 Å². The summed E-state index contributed by atoms with van der Waals surface area (Å²) in [6, 6.07) is 5.99. The number of imidazole rings is 1. The van der Waals surface area contributed by atoms with Crippen LogP contribution in [0.4, 0.5) is 11.6 Å². The van der Waals surface area contributed by atoms with Crippen LogP contribution < -0.4 is 20.8 Å². The lowest BCUT2D eigenvalue weighted by atomic mass is 9.84. The summed E-state index contributed by atoms with van der Waals surface area (Å²) in [7, 11) is -9.53.